The van der Waals surface area contributed by atoms with Gasteiger partial charge in [0.25, 0.3) is 0 Å². The van der Waals surface area contributed by atoms with Crippen molar-refractivity contribution in [2.24, 2.45) is 0 Å². The van der Waals surface area contributed by atoms with Gasteiger partial charge in [-0.15, -0.1) is 0 Å². The standard InChI is InChI=1S/C14H19ClN2O/c1-2-16-13-8-10-17(14(13)18)9-7-11-3-5-12(15)6-4-11/h3-6,13,16H,2,7-10H2,1H3. The van der Waals surface area contributed by atoms with Crippen molar-refractivity contribution < 1.29 is 4.79 Å². The van der Waals surface area contributed by atoms with Crippen LogP contribution < -0.4 is 5.32 Å². The molecule has 1 atom stereocenters. The molecule has 1 aromatic carbocycles. The minimum Gasteiger partial charge on any atom is -0.341 e. The van der Waals surface area contributed by atoms with Crippen molar-refractivity contribution in [2.75, 3.05) is 19.6 Å². The van der Waals surface area contributed by atoms with Crippen LogP contribution in [0.4, 0.5) is 0 Å². The molecular weight excluding hydrogens is 248 g/mol. The van der Waals surface area contributed by atoms with E-state index in [0.29, 0.717) is 0 Å². The summed E-state index contributed by atoms with van der Waals surface area (Å²) in [5.74, 6) is 0.241. The van der Waals surface area contributed by atoms with Gasteiger partial charge in [-0.2, -0.15) is 0 Å². The van der Waals surface area contributed by atoms with Crippen LogP contribution in [0.3, 0.4) is 0 Å². The third-order valence-corrected chi connectivity index (χ3v) is 3.58. The zero-order chi connectivity index (χ0) is 13.0. The summed E-state index contributed by atoms with van der Waals surface area (Å²) in [5.41, 5.74) is 1.22. The second kappa shape index (κ2) is 6.21. The zero-order valence-electron chi connectivity index (χ0n) is 10.7. The average Bonchev–Trinajstić information content (AvgIpc) is 2.71. The van der Waals surface area contributed by atoms with Gasteiger partial charge in [-0.3, -0.25) is 4.79 Å². The van der Waals surface area contributed by atoms with Gasteiger partial charge < -0.3 is 10.2 Å². The van der Waals surface area contributed by atoms with Gasteiger partial charge in [-0.05, 0) is 37.1 Å². The van der Waals surface area contributed by atoms with Crippen molar-refractivity contribution in [1.29, 1.82) is 0 Å². The van der Waals surface area contributed by atoms with Crippen LogP contribution in [0.15, 0.2) is 24.3 Å². The number of rotatable bonds is 5. The molecule has 1 fully saturated rings. The number of nitrogens with zero attached hydrogens (tertiary/aromatic N) is 1. The molecule has 0 spiro atoms. The predicted molar refractivity (Wildman–Crippen MR) is 73.8 cm³/mol. The third kappa shape index (κ3) is 3.24. The Kier molecular flexibility index (Phi) is 4.61. The number of carbonyl (C=O) groups excluding carboxylic acids is 1. The molecule has 98 valence electrons. The molecule has 0 radical (unpaired) electrons. The fraction of sp³-hybridized carbons (Fsp3) is 0.500. The molecule has 0 aliphatic carbocycles. The van der Waals surface area contributed by atoms with Gasteiger partial charge in [0.15, 0.2) is 0 Å². The smallest absolute Gasteiger partial charge is 0.239 e. The van der Waals surface area contributed by atoms with E-state index in [1.165, 1.54) is 5.56 Å². The first kappa shape index (κ1) is 13.4. The second-order valence-corrected chi connectivity index (χ2v) is 5.04. The summed E-state index contributed by atoms with van der Waals surface area (Å²) in [6, 6.07) is 7.85. The lowest BCUT2D eigenvalue weighted by Gasteiger charge is -2.16. The van der Waals surface area contributed by atoms with Crippen molar-refractivity contribution in [3.8, 4) is 0 Å². The summed E-state index contributed by atoms with van der Waals surface area (Å²) in [5, 5.41) is 3.97. The molecule has 1 aliphatic rings. The summed E-state index contributed by atoms with van der Waals surface area (Å²) >= 11 is 5.84. The number of carbonyl (C=O) groups is 1. The first-order valence-corrected chi connectivity index (χ1v) is 6.85. The van der Waals surface area contributed by atoms with Crippen molar-refractivity contribution in [3.63, 3.8) is 0 Å². The number of amides is 1. The molecule has 1 unspecified atom stereocenters. The summed E-state index contributed by atoms with van der Waals surface area (Å²) in [4.78, 5) is 14.0. The van der Waals surface area contributed by atoms with Crippen molar-refractivity contribution in [2.45, 2.75) is 25.8 Å². The highest BCUT2D eigenvalue weighted by atomic mass is 35.5. The molecule has 0 aromatic heterocycles. The van der Waals surface area contributed by atoms with E-state index in [-0.39, 0.29) is 11.9 Å². The third-order valence-electron chi connectivity index (χ3n) is 3.33. The molecule has 2 rings (SSSR count). The lowest BCUT2D eigenvalue weighted by atomic mass is 10.1. The summed E-state index contributed by atoms with van der Waals surface area (Å²) in [6.07, 6.45) is 1.81. The Balaban J connectivity index is 1.84. The highest BCUT2D eigenvalue weighted by Crippen LogP contribution is 2.14. The van der Waals surface area contributed by atoms with E-state index in [0.717, 1.165) is 37.5 Å². The van der Waals surface area contributed by atoms with Gasteiger partial charge >= 0.3 is 0 Å². The minimum atomic E-state index is 0.0280. The van der Waals surface area contributed by atoms with Gasteiger partial charge in [-0.1, -0.05) is 30.7 Å². The normalized spacial score (nSPS) is 19.6. The molecule has 1 aromatic rings. The lowest BCUT2D eigenvalue weighted by Crippen LogP contribution is -2.38. The van der Waals surface area contributed by atoms with E-state index in [4.69, 9.17) is 11.6 Å². The molecule has 1 N–H and O–H groups in total. The number of hydrogen-bond donors (Lipinski definition) is 1. The molecule has 4 heteroatoms. The maximum atomic E-state index is 12.0. The maximum Gasteiger partial charge on any atom is 0.239 e. The second-order valence-electron chi connectivity index (χ2n) is 4.60. The predicted octanol–water partition coefficient (Wildman–Crippen LogP) is 2.09. The number of likely N-dealkylation sites (tertiary alicyclic amines) is 1. The van der Waals surface area contributed by atoms with E-state index < -0.39 is 0 Å². The van der Waals surface area contributed by atoms with E-state index in [9.17, 15) is 4.79 Å². The van der Waals surface area contributed by atoms with Gasteiger partial charge in [0.1, 0.15) is 0 Å². The Morgan fingerprint density at radius 1 is 1.39 bits per heavy atom. The first-order valence-electron chi connectivity index (χ1n) is 6.47. The Hall–Kier alpha value is -1.06. The van der Waals surface area contributed by atoms with E-state index in [1.807, 2.05) is 36.1 Å². The molecule has 0 bridgehead atoms. The van der Waals surface area contributed by atoms with Crippen molar-refractivity contribution >= 4 is 17.5 Å². The molecule has 1 saturated heterocycles. The summed E-state index contributed by atoms with van der Waals surface area (Å²) in [6.45, 7) is 4.54. The van der Waals surface area contributed by atoms with Crippen LogP contribution in [0.5, 0.6) is 0 Å². The maximum absolute atomic E-state index is 12.0. The molecule has 18 heavy (non-hydrogen) atoms. The number of nitrogens with one attached hydrogen (secondary N) is 1. The van der Waals surface area contributed by atoms with E-state index in [2.05, 4.69) is 5.32 Å². The number of benzene rings is 1. The highest BCUT2D eigenvalue weighted by molar-refractivity contribution is 6.30. The van der Waals surface area contributed by atoms with Gasteiger partial charge in [0, 0.05) is 18.1 Å². The molecule has 3 nitrogen and oxygen atoms in total. The number of halogens is 1. The van der Waals surface area contributed by atoms with Crippen molar-refractivity contribution in [1.82, 2.24) is 10.2 Å². The number of hydrogen-bond acceptors (Lipinski definition) is 2. The van der Waals surface area contributed by atoms with Gasteiger partial charge in [-0.25, -0.2) is 0 Å². The Morgan fingerprint density at radius 3 is 2.78 bits per heavy atom. The zero-order valence-corrected chi connectivity index (χ0v) is 11.4. The topological polar surface area (TPSA) is 32.3 Å². The summed E-state index contributed by atoms with van der Waals surface area (Å²) < 4.78 is 0. The Bertz CT molecular complexity index is 405. The van der Waals surface area contributed by atoms with Crippen molar-refractivity contribution in [3.05, 3.63) is 34.9 Å². The van der Waals surface area contributed by atoms with Gasteiger partial charge in [0.05, 0.1) is 6.04 Å². The lowest BCUT2D eigenvalue weighted by molar-refractivity contribution is -0.129. The van der Waals surface area contributed by atoms with Crippen LogP contribution in [0.2, 0.25) is 5.02 Å². The molecule has 1 aliphatic heterocycles. The van der Waals surface area contributed by atoms with E-state index >= 15 is 0 Å². The van der Waals surface area contributed by atoms with E-state index in [1.54, 1.807) is 0 Å². The Morgan fingerprint density at radius 2 is 2.11 bits per heavy atom. The van der Waals surface area contributed by atoms with Crippen LogP contribution in [-0.2, 0) is 11.2 Å². The van der Waals surface area contributed by atoms with Crippen LogP contribution in [0, 0.1) is 0 Å². The average molecular weight is 267 g/mol. The first-order chi connectivity index (χ1) is 8.70. The fourth-order valence-corrected chi connectivity index (χ4v) is 2.44. The monoisotopic (exact) mass is 266 g/mol. The van der Waals surface area contributed by atoms with Crippen LogP contribution in [-0.4, -0.2) is 36.5 Å². The molecule has 1 heterocycles. The summed E-state index contributed by atoms with van der Waals surface area (Å²) in [7, 11) is 0. The highest BCUT2D eigenvalue weighted by Gasteiger charge is 2.30. The minimum absolute atomic E-state index is 0.0280. The molecule has 1 amide bonds. The van der Waals surface area contributed by atoms with Gasteiger partial charge in [0.2, 0.25) is 5.91 Å². The van der Waals surface area contributed by atoms with Crippen LogP contribution in [0.1, 0.15) is 18.9 Å². The Labute approximate surface area is 113 Å². The molecule has 0 saturated carbocycles. The largest absolute Gasteiger partial charge is 0.341 e. The number of likely N-dealkylation sites (N-methyl/N-ethyl adjacent to an activating group) is 1. The molecular formula is C14H19ClN2O. The SMILES string of the molecule is CCNC1CCN(CCc2ccc(Cl)cc2)C1=O. The quantitative estimate of drug-likeness (QED) is 0.885. The van der Waals surface area contributed by atoms with Crippen LogP contribution >= 0.6 is 11.6 Å². The fourth-order valence-electron chi connectivity index (χ4n) is 2.31. The van der Waals surface area contributed by atoms with Crippen LogP contribution in [0.25, 0.3) is 0 Å².